The highest BCUT2D eigenvalue weighted by Gasteiger charge is 2.25. The molecule has 0 bridgehead atoms. The lowest BCUT2D eigenvalue weighted by molar-refractivity contribution is 0.0981. The summed E-state index contributed by atoms with van der Waals surface area (Å²) in [6.07, 6.45) is 5.64. The number of carbonyl (C=O) groups excluding carboxylic acids is 1. The van der Waals surface area contributed by atoms with Crippen LogP contribution in [-0.2, 0) is 10.0 Å². The van der Waals surface area contributed by atoms with Gasteiger partial charge in [0, 0.05) is 78.3 Å². The standard InChI is InChI=1S/C43H54ClN5O3S3/c1-31(2)47(4)23-22-37(30-53-39-11-6-5-7-12-39)45-43-32(3)28-41(54-43)55(51,52)46-42(50)34-16-20-38(21-17-34)49-26-24-48(25-27-49)29-35-10-8-9-13-40(35)33-14-18-36(44)19-15-33/h5-7,11-12,14-21,28,31,37,45H,8-10,13,22-27,29-30H2,1-4H3,(H,46,50)/t37-/m1/s1. The van der Waals surface area contributed by atoms with Gasteiger partial charge in [0.25, 0.3) is 15.9 Å². The van der Waals surface area contributed by atoms with Crippen LogP contribution in [-0.4, -0.2) is 88.3 Å². The van der Waals surface area contributed by atoms with Crippen LogP contribution in [0, 0.1) is 6.92 Å². The van der Waals surface area contributed by atoms with Crippen molar-refractivity contribution in [2.75, 3.05) is 62.3 Å². The van der Waals surface area contributed by atoms with E-state index >= 15 is 0 Å². The van der Waals surface area contributed by atoms with Crippen LogP contribution >= 0.6 is 34.7 Å². The molecule has 0 saturated carbocycles. The third-order valence-corrected chi connectivity index (χ3v) is 15.1. The zero-order valence-corrected chi connectivity index (χ0v) is 35.6. The summed E-state index contributed by atoms with van der Waals surface area (Å²) >= 11 is 9.12. The van der Waals surface area contributed by atoms with Crippen LogP contribution in [0.1, 0.15) is 67.4 Å². The molecule has 1 saturated heterocycles. The Morgan fingerprint density at radius 3 is 2.33 bits per heavy atom. The van der Waals surface area contributed by atoms with Crippen molar-refractivity contribution in [2.24, 2.45) is 0 Å². The van der Waals surface area contributed by atoms with Crippen LogP contribution in [0.25, 0.3) is 5.57 Å². The molecule has 1 amide bonds. The number of hydrogen-bond acceptors (Lipinski definition) is 9. The van der Waals surface area contributed by atoms with E-state index in [-0.39, 0.29) is 10.3 Å². The Morgan fingerprint density at radius 1 is 0.945 bits per heavy atom. The number of nitrogens with one attached hydrogen (secondary N) is 2. The van der Waals surface area contributed by atoms with Gasteiger partial charge in [0.2, 0.25) is 0 Å². The molecule has 2 N–H and O–H groups in total. The number of piperazine rings is 1. The first kappa shape index (κ1) is 41.3. The molecule has 1 aromatic heterocycles. The van der Waals surface area contributed by atoms with Crippen LogP contribution in [0.3, 0.4) is 0 Å². The van der Waals surface area contributed by atoms with Gasteiger partial charge in [0.1, 0.15) is 4.21 Å². The Kier molecular flexibility index (Phi) is 14.4. The van der Waals surface area contributed by atoms with E-state index in [9.17, 15) is 13.2 Å². The van der Waals surface area contributed by atoms with Crippen LogP contribution in [0.4, 0.5) is 10.7 Å². The number of allylic oxidation sites excluding steroid dienone is 1. The number of thioether (sulfide) groups is 1. The predicted octanol–water partition coefficient (Wildman–Crippen LogP) is 9.28. The second-order valence-electron chi connectivity index (χ2n) is 14.9. The van der Waals surface area contributed by atoms with Gasteiger partial charge in [0.15, 0.2) is 0 Å². The quantitative estimate of drug-likeness (QED) is 0.108. The lowest BCUT2D eigenvalue weighted by Gasteiger charge is -2.37. The summed E-state index contributed by atoms with van der Waals surface area (Å²) in [5.41, 5.74) is 6.50. The van der Waals surface area contributed by atoms with Gasteiger partial charge >= 0.3 is 0 Å². The minimum absolute atomic E-state index is 0.119. The predicted molar refractivity (Wildman–Crippen MR) is 233 cm³/mol. The topological polar surface area (TPSA) is 85.0 Å². The summed E-state index contributed by atoms with van der Waals surface area (Å²) in [5, 5.41) is 5.22. The number of anilines is 2. The van der Waals surface area contributed by atoms with Crippen molar-refractivity contribution in [3.63, 3.8) is 0 Å². The third kappa shape index (κ3) is 11.4. The molecule has 2 aliphatic rings. The van der Waals surface area contributed by atoms with Crippen molar-refractivity contribution in [1.29, 1.82) is 0 Å². The molecule has 0 radical (unpaired) electrons. The Labute approximate surface area is 341 Å². The van der Waals surface area contributed by atoms with E-state index in [1.54, 1.807) is 35.5 Å². The molecule has 6 rings (SSSR count). The number of carbonyl (C=O) groups is 1. The number of thiophene rings is 1. The highest BCUT2D eigenvalue weighted by Crippen LogP contribution is 2.35. The average molecular weight is 821 g/mol. The summed E-state index contributed by atoms with van der Waals surface area (Å²) in [6.45, 7) is 11.9. The maximum atomic E-state index is 13.5. The summed E-state index contributed by atoms with van der Waals surface area (Å²) in [6, 6.07) is 28.0. The van der Waals surface area contributed by atoms with E-state index in [1.807, 2.05) is 49.4 Å². The number of aryl methyl sites for hydroxylation is 1. The first-order chi connectivity index (χ1) is 26.4. The van der Waals surface area contributed by atoms with Gasteiger partial charge < -0.3 is 15.1 Å². The number of amides is 1. The van der Waals surface area contributed by atoms with Gasteiger partial charge in [-0.3, -0.25) is 9.69 Å². The summed E-state index contributed by atoms with van der Waals surface area (Å²) < 4.78 is 29.4. The van der Waals surface area contributed by atoms with Crippen LogP contribution < -0.4 is 14.9 Å². The Balaban J connectivity index is 1.03. The fourth-order valence-electron chi connectivity index (χ4n) is 7.07. The fraction of sp³-hybridized carbons (Fsp3) is 0.419. The fourth-order valence-corrected chi connectivity index (χ4v) is 10.7. The lowest BCUT2D eigenvalue weighted by Crippen LogP contribution is -2.47. The molecule has 0 spiro atoms. The Bertz CT molecular complexity index is 2010. The maximum absolute atomic E-state index is 13.5. The summed E-state index contributed by atoms with van der Waals surface area (Å²) in [7, 11) is -1.95. The molecule has 12 heteroatoms. The minimum Gasteiger partial charge on any atom is -0.373 e. The lowest BCUT2D eigenvalue weighted by atomic mass is 9.87. The van der Waals surface area contributed by atoms with Gasteiger partial charge in [-0.15, -0.1) is 23.1 Å². The average Bonchev–Trinajstić information content (AvgIpc) is 3.57. The van der Waals surface area contributed by atoms with Crippen molar-refractivity contribution in [2.45, 2.75) is 74.1 Å². The smallest absolute Gasteiger partial charge is 0.273 e. The number of benzene rings is 3. The third-order valence-electron chi connectivity index (χ3n) is 10.7. The van der Waals surface area contributed by atoms with E-state index < -0.39 is 15.9 Å². The van der Waals surface area contributed by atoms with Gasteiger partial charge in [-0.25, -0.2) is 13.1 Å². The monoisotopic (exact) mass is 819 g/mol. The number of sulfonamides is 1. The molecule has 1 fully saturated rings. The Morgan fingerprint density at radius 2 is 1.64 bits per heavy atom. The van der Waals surface area contributed by atoms with Gasteiger partial charge in [0.05, 0.1) is 5.00 Å². The first-order valence-electron chi connectivity index (χ1n) is 19.3. The SMILES string of the molecule is Cc1cc(S(=O)(=O)NC(=O)c2ccc(N3CCN(CC4=C(c5ccc(Cl)cc5)CCCC4)CC3)cc2)sc1N[C@H](CCN(C)C(C)C)CSc1ccccc1. The highest BCUT2D eigenvalue weighted by atomic mass is 35.5. The molecule has 1 aliphatic carbocycles. The highest BCUT2D eigenvalue weighted by molar-refractivity contribution is 7.99. The molecule has 1 atom stereocenters. The second kappa shape index (κ2) is 19.2. The molecule has 0 unspecified atom stereocenters. The van der Waals surface area contributed by atoms with Crippen LogP contribution in [0.5, 0.6) is 0 Å². The molecule has 2 heterocycles. The molecule has 294 valence electrons. The van der Waals surface area contributed by atoms with Crippen molar-refractivity contribution >= 4 is 66.9 Å². The van der Waals surface area contributed by atoms with E-state index in [0.717, 1.165) is 85.6 Å². The maximum Gasteiger partial charge on any atom is 0.273 e. The van der Waals surface area contributed by atoms with E-state index in [4.69, 9.17) is 11.6 Å². The first-order valence-corrected chi connectivity index (χ1v) is 23.0. The molecule has 8 nitrogen and oxygen atoms in total. The number of halogens is 1. The van der Waals surface area contributed by atoms with Gasteiger partial charge in [-0.1, -0.05) is 47.5 Å². The molecule has 55 heavy (non-hydrogen) atoms. The summed E-state index contributed by atoms with van der Waals surface area (Å²) in [4.78, 5) is 21.6. The van der Waals surface area contributed by atoms with E-state index in [0.29, 0.717) is 11.6 Å². The van der Waals surface area contributed by atoms with Crippen LogP contribution in [0.15, 0.2) is 99.6 Å². The van der Waals surface area contributed by atoms with Gasteiger partial charge in [-0.05, 0) is 131 Å². The van der Waals surface area contributed by atoms with Crippen LogP contribution in [0.2, 0.25) is 5.02 Å². The van der Waals surface area contributed by atoms with E-state index in [2.05, 4.69) is 69.9 Å². The molecular formula is C43H54ClN5O3S3. The van der Waals surface area contributed by atoms with E-state index in [1.165, 1.54) is 40.2 Å². The van der Waals surface area contributed by atoms with Crippen molar-refractivity contribution < 1.29 is 13.2 Å². The zero-order valence-electron chi connectivity index (χ0n) is 32.4. The number of rotatable bonds is 16. The Hall–Kier alpha value is -3.32. The molecular weight excluding hydrogens is 766 g/mol. The minimum atomic E-state index is -4.07. The van der Waals surface area contributed by atoms with Crippen molar-refractivity contribution in [3.05, 3.63) is 112 Å². The number of hydrogen-bond donors (Lipinski definition) is 2. The summed E-state index contributed by atoms with van der Waals surface area (Å²) in [5.74, 6) is 0.199. The molecule has 1 aliphatic heterocycles. The zero-order chi connectivity index (χ0) is 39.0. The molecule has 3 aromatic carbocycles. The second-order valence-corrected chi connectivity index (χ2v) is 19.4. The largest absolute Gasteiger partial charge is 0.373 e. The normalized spacial score (nSPS) is 16.2. The molecule has 4 aromatic rings. The van der Waals surface area contributed by atoms with Gasteiger partial charge in [-0.2, -0.15) is 0 Å². The van der Waals surface area contributed by atoms with Crippen molar-refractivity contribution in [3.8, 4) is 0 Å². The van der Waals surface area contributed by atoms with Crippen molar-refractivity contribution in [1.82, 2.24) is 14.5 Å². The number of nitrogens with zero attached hydrogens (tertiary/aromatic N) is 3.